The Labute approximate surface area is 140 Å². The van der Waals surface area contributed by atoms with Gasteiger partial charge in [-0.15, -0.1) is 0 Å². The van der Waals surface area contributed by atoms with Crippen molar-refractivity contribution in [3.05, 3.63) is 40.8 Å². The van der Waals surface area contributed by atoms with Gasteiger partial charge in [0, 0.05) is 6.42 Å². The third kappa shape index (κ3) is 3.05. The first-order chi connectivity index (χ1) is 11.4. The average molecular weight is 369 g/mol. The zero-order chi connectivity index (χ0) is 17.3. The summed E-state index contributed by atoms with van der Waals surface area (Å²) >= 11 is 0.821. The number of Topliss-reactive ketones (excluding diaryl/α,β-unsaturated/α-hetero) is 1. The molecule has 1 aromatic carbocycles. The van der Waals surface area contributed by atoms with Crippen LogP contribution in [0.1, 0.15) is 15.2 Å². The largest absolute Gasteiger partial charge is 0.464 e. The number of benzene rings is 1. The summed E-state index contributed by atoms with van der Waals surface area (Å²) in [6.45, 7) is -0.191. The molecule has 126 valence electrons. The van der Waals surface area contributed by atoms with E-state index in [0.29, 0.717) is 5.56 Å². The molecule has 2 aromatic rings. The maximum atomic E-state index is 12.5. The van der Waals surface area contributed by atoms with Crippen molar-refractivity contribution in [1.82, 2.24) is 4.72 Å². The molecule has 0 unspecified atom stereocenters. The lowest BCUT2D eigenvalue weighted by atomic mass is 10.1. The first kappa shape index (κ1) is 16.3. The SMILES string of the molecule is O=C(O)NS(=O)(=O)c1c(C(=O)Cc2ccccc2)sc2c1OCO2. The third-order valence-electron chi connectivity index (χ3n) is 3.14. The monoisotopic (exact) mass is 369 g/mol. The van der Waals surface area contributed by atoms with E-state index in [2.05, 4.69) is 0 Å². The molecule has 0 fully saturated rings. The lowest BCUT2D eigenvalue weighted by Gasteiger charge is -2.07. The van der Waals surface area contributed by atoms with Crippen LogP contribution < -0.4 is 14.2 Å². The highest BCUT2D eigenvalue weighted by atomic mass is 32.2. The molecule has 0 saturated heterocycles. The van der Waals surface area contributed by atoms with Crippen molar-refractivity contribution in [2.24, 2.45) is 0 Å². The fourth-order valence-corrected chi connectivity index (χ4v) is 4.72. The number of nitrogens with one attached hydrogen (secondary N) is 1. The Balaban J connectivity index is 2.02. The number of hydrogen-bond donors (Lipinski definition) is 2. The first-order valence-electron chi connectivity index (χ1n) is 6.64. The van der Waals surface area contributed by atoms with Gasteiger partial charge in [-0.1, -0.05) is 41.7 Å². The quantitative estimate of drug-likeness (QED) is 0.772. The number of thiophene rings is 1. The smallest absolute Gasteiger partial charge is 0.418 e. The zero-order valence-electron chi connectivity index (χ0n) is 12.0. The van der Waals surface area contributed by atoms with E-state index in [1.807, 2.05) is 0 Å². The summed E-state index contributed by atoms with van der Waals surface area (Å²) in [4.78, 5) is 22.6. The second kappa shape index (κ2) is 6.13. The van der Waals surface area contributed by atoms with Crippen molar-refractivity contribution >= 4 is 33.2 Å². The fraction of sp³-hybridized carbons (Fsp3) is 0.143. The number of sulfonamides is 1. The standard InChI is InChI=1S/C14H11NO7S2/c16-9(6-8-4-2-1-3-5-8)11-12(24(19,20)15-14(17)18)10-13(23-11)22-7-21-10/h1-5,15H,6-7H2,(H,17,18). The summed E-state index contributed by atoms with van der Waals surface area (Å²) in [5.41, 5.74) is 0.701. The summed E-state index contributed by atoms with van der Waals surface area (Å²) in [5, 5.41) is 8.85. The molecule has 10 heteroatoms. The van der Waals surface area contributed by atoms with Gasteiger partial charge in [0.25, 0.3) is 10.0 Å². The summed E-state index contributed by atoms with van der Waals surface area (Å²) in [6.07, 6.45) is -1.79. The molecular weight excluding hydrogens is 358 g/mol. The minimum absolute atomic E-state index is 0.0319. The highest BCUT2D eigenvalue weighted by Gasteiger charge is 2.37. The molecule has 1 amide bonds. The van der Waals surface area contributed by atoms with Crippen LogP contribution in [0.25, 0.3) is 0 Å². The van der Waals surface area contributed by atoms with Crippen molar-refractivity contribution in [2.75, 3.05) is 6.79 Å². The van der Waals surface area contributed by atoms with Gasteiger partial charge in [-0.25, -0.2) is 17.9 Å². The molecule has 1 aliphatic rings. The Morgan fingerprint density at radius 1 is 1.21 bits per heavy atom. The van der Waals surface area contributed by atoms with Crippen LogP contribution in [0, 0.1) is 0 Å². The van der Waals surface area contributed by atoms with Crippen LogP contribution in [0.2, 0.25) is 0 Å². The van der Waals surface area contributed by atoms with Crippen molar-refractivity contribution in [3.63, 3.8) is 0 Å². The summed E-state index contributed by atoms with van der Waals surface area (Å²) in [5.74, 6) is -0.608. The molecule has 0 bridgehead atoms. The molecule has 24 heavy (non-hydrogen) atoms. The predicted octanol–water partition coefficient (Wildman–Crippen LogP) is 1.86. The van der Waals surface area contributed by atoms with E-state index in [1.165, 1.54) is 4.72 Å². The normalized spacial score (nSPS) is 12.8. The molecule has 1 aliphatic heterocycles. The van der Waals surface area contributed by atoms with Crippen LogP contribution in [0.4, 0.5) is 4.79 Å². The molecular formula is C14H11NO7S2. The number of carbonyl (C=O) groups excluding carboxylic acids is 1. The molecule has 8 nitrogen and oxygen atoms in total. The topological polar surface area (TPSA) is 119 Å². The zero-order valence-corrected chi connectivity index (χ0v) is 13.6. The van der Waals surface area contributed by atoms with Crippen molar-refractivity contribution in [1.29, 1.82) is 0 Å². The van der Waals surface area contributed by atoms with Gasteiger partial charge in [-0.3, -0.25) is 4.79 Å². The molecule has 0 radical (unpaired) electrons. The number of hydrogen-bond acceptors (Lipinski definition) is 7. The molecule has 3 rings (SSSR count). The second-order valence-electron chi connectivity index (χ2n) is 4.78. The minimum Gasteiger partial charge on any atom is -0.464 e. The Hall–Kier alpha value is -2.59. The van der Waals surface area contributed by atoms with Crippen molar-refractivity contribution in [3.8, 4) is 10.8 Å². The number of ketones is 1. The number of rotatable bonds is 5. The van der Waals surface area contributed by atoms with Crippen LogP contribution >= 0.6 is 11.3 Å². The Morgan fingerprint density at radius 3 is 2.58 bits per heavy atom. The van der Waals surface area contributed by atoms with E-state index in [0.717, 1.165) is 11.3 Å². The number of ether oxygens (including phenoxy) is 2. The Bertz CT molecular complexity index is 903. The van der Waals surface area contributed by atoms with E-state index in [4.69, 9.17) is 14.6 Å². The van der Waals surface area contributed by atoms with E-state index >= 15 is 0 Å². The van der Waals surface area contributed by atoms with Crippen LogP contribution in [0.5, 0.6) is 10.8 Å². The van der Waals surface area contributed by atoms with Gasteiger partial charge in [0.2, 0.25) is 11.9 Å². The lowest BCUT2D eigenvalue weighted by molar-refractivity contribution is 0.0992. The van der Waals surface area contributed by atoms with E-state index < -0.39 is 26.8 Å². The van der Waals surface area contributed by atoms with Gasteiger partial charge in [0.15, 0.2) is 16.4 Å². The Kier molecular flexibility index (Phi) is 4.16. The van der Waals surface area contributed by atoms with Gasteiger partial charge in [-0.2, -0.15) is 0 Å². The number of carboxylic acid groups (broad SMARTS) is 1. The molecule has 0 spiro atoms. The first-order valence-corrected chi connectivity index (χ1v) is 8.93. The molecule has 2 N–H and O–H groups in total. The van der Waals surface area contributed by atoms with E-state index in [9.17, 15) is 18.0 Å². The molecule has 0 atom stereocenters. The van der Waals surface area contributed by atoms with Gasteiger partial charge < -0.3 is 14.6 Å². The molecule has 0 aliphatic carbocycles. The third-order valence-corrected chi connectivity index (χ3v) is 5.76. The second-order valence-corrected chi connectivity index (χ2v) is 7.38. The summed E-state index contributed by atoms with van der Waals surface area (Å²) < 4.78 is 36.2. The van der Waals surface area contributed by atoms with Crippen LogP contribution in [-0.2, 0) is 16.4 Å². The van der Waals surface area contributed by atoms with Crippen molar-refractivity contribution < 1.29 is 32.6 Å². The molecule has 1 aromatic heterocycles. The van der Waals surface area contributed by atoms with Gasteiger partial charge >= 0.3 is 6.09 Å². The summed E-state index contributed by atoms with van der Waals surface area (Å²) in [6, 6.07) is 8.77. The van der Waals surface area contributed by atoms with Crippen LogP contribution in [0.3, 0.4) is 0 Å². The maximum absolute atomic E-state index is 12.5. The highest BCUT2D eigenvalue weighted by Crippen LogP contribution is 2.48. The van der Waals surface area contributed by atoms with Crippen molar-refractivity contribution in [2.45, 2.75) is 11.3 Å². The average Bonchev–Trinajstić information content (AvgIpc) is 3.06. The summed E-state index contributed by atoms with van der Waals surface area (Å²) in [7, 11) is -4.47. The predicted molar refractivity (Wildman–Crippen MR) is 83.3 cm³/mol. The van der Waals surface area contributed by atoms with Gasteiger partial charge in [0.1, 0.15) is 0 Å². The van der Waals surface area contributed by atoms with Gasteiger partial charge in [0.05, 0.1) is 4.88 Å². The number of fused-ring (bicyclic) bond motifs is 1. The Morgan fingerprint density at radius 2 is 1.92 bits per heavy atom. The number of carbonyl (C=O) groups is 2. The fourth-order valence-electron chi connectivity index (χ4n) is 2.20. The van der Waals surface area contributed by atoms with Crippen LogP contribution in [0.15, 0.2) is 35.2 Å². The van der Waals surface area contributed by atoms with E-state index in [1.54, 1.807) is 30.3 Å². The number of amides is 1. The maximum Gasteiger partial charge on any atom is 0.418 e. The minimum atomic E-state index is -4.47. The highest BCUT2D eigenvalue weighted by molar-refractivity contribution is 7.90. The van der Waals surface area contributed by atoms with E-state index in [-0.39, 0.29) is 28.9 Å². The van der Waals surface area contributed by atoms with Gasteiger partial charge in [-0.05, 0) is 5.56 Å². The lowest BCUT2D eigenvalue weighted by Crippen LogP contribution is -2.30. The molecule has 0 saturated carbocycles. The van der Waals surface area contributed by atoms with Crippen LogP contribution in [-0.4, -0.2) is 32.2 Å². The molecule has 2 heterocycles.